The number of carbonyl (C=O) groups is 2. The van der Waals surface area contributed by atoms with Crippen molar-refractivity contribution in [3.63, 3.8) is 0 Å². The standard InChI is InChI=1S/C12H19NO3/c1-8-5-11(15)13(12(8)16)6-9-3-2-4-10(9)7-14/h8-10,14H,2-7H2,1H3. The minimum atomic E-state index is -0.151. The van der Waals surface area contributed by atoms with Gasteiger partial charge in [-0.15, -0.1) is 0 Å². The second kappa shape index (κ2) is 4.53. The van der Waals surface area contributed by atoms with E-state index >= 15 is 0 Å². The SMILES string of the molecule is CC1CC(=O)N(CC2CCCC2CO)C1=O. The summed E-state index contributed by atoms with van der Waals surface area (Å²) < 4.78 is 0. The molecule has 1 aliphatic carbocycles. The number of amides is 2. The molecule has 0 radical (unpaired) electrons. The summed E-state index contributed by atoms with van der Waals surface area (Å²) in [5, 5.41) is 9.21. The number of hydrogen-bond donors (Lipinski definition) is 1. The highest BCUT2D eigenvalue weighted by atomic mass is 16.3. The molecule has 0 bridgehead atoms. The van der Waals surface area contributed by atoms with E-state index in [4.69, 9.17) is 0 Å². The quantitative estimate of drug-likeness (QED) is 0.722. The molecule has 0 aromatic heterocycles. The van der Waals surface area contributed by atoms with Crippen LogP contribution in [0.2, 0.25) is 0 Å². The first-order valence-corrected chi connectivity index (χ1v) is 6.08. The number of aliphatic hydroxyl groups excluding tert-OH is 1. The molecule has 2 amide bonds. The number of aliphatic hydroxyl groups is 1. The Kier molecular flexibility index (Phi) is 3.28. The highest BCUT2D eigenvalue weighted by Crippen LogP contribution is 2.33. The maximum atomic E-state index is 11.7. The number of hydrogen-bond acceptors (Lipinski definition) is 3. The Morgan fingerprint density at radius 2 is 2.00 bits per heavy atom. The van der Waals surface area contributed by atoms with Gasteiger partial charge >= 0.3 is 0 Å². The van der Waals surface area contributed by atoms with E-state index in [0.717, 1.165) is 19.3 Å². The topological polar surface area (TPSA) is 57.6 Å². The number of nitrogens with zero attached hydrogens (tertiary/aromatic N) is 1. The molecule has 1 saturated carbocycles. The lowest BCUT2D eigenvalue weighted by molar-refractivity contribution is -0.140. The van der Waals surface area contributed by atoms with Crippen molar-refractivity contribution in [3.05, 3.63) is 0 Å². The van der Waals surface area contributed by atoms with Crippen LogP contribution in [0, 0.1) is 17.8 Å². The third-order valence-corrected chi connectivity index (χ3v) is 3.94. The first-order chi connectivity index (χ1) is 7.63. The highest BCUT2D eigenvalue weighted by Gasteiger charge is 2.38. The van der Waals surface area contributed by atoms with Crippen LogP contribution in [-0.2, 0) is 9.59 Å². The molecule has 4 nitrogen and oxygen atoms in total. The van der Waals surface area contributed by atoms with Crippen molar-refractivity contribution < 1.29 is 14.7 Å². The highest BCUT2D eigenvalue weighted by molar-refractivity contribution is 6.03. The minimum Gasteiger partial charge on any atom is -0.396 e. The molecule has 0 aromatic rings. The Hall–Kier alpha value is -0.900. The van der Waals surface area contributed by atoms with Gasteiger partial charge in [0.1, 0.15) is 0 Å². The van der Waals surface area contributed by atoms with E-state index in [2.05, 4.69) is 0 Å². The predicted octanol–water partition coefficient (Wildman–Crippen LogP) is 0.790. The Balaban J connectivity index is 1.99. The van der Waals surface area contributed by atoms with Gasteiger partial charge in [0.25, 0.3) is 0 Å². The summed E-state index contributed by atoms with van der Waals surface area (Å²) in [6.45, 7) is 2.50. The molecule has 4 heteroatoms. The van der Waals surface area contributed by atoms with Gasteiger partial charge in [0.15, 0.2) is 0 Å². The van der Waals surface area contributed by atoms with E-state index in [0.29, 0.717) is 18.9 Å². The zero-order valence-corrected chi connectivity index (χ0v) is 9.69. The van der Waals surface area contributed by atoms with Gasteiger partial charge in [-0.1, -0.05) is 13.3 Å². The number of likely N-dealkylation sites (tertiary alicyclic amines) is 1. The molecule has 1 N–H and O–H groups in total. The first kappa shape index (κ1) is 11.6. The molecule has 90 valence electrons. The summed E-state index contributed by atoms with van der Waals surface area (Å²) in [5.41, 5.74) is 0. The molecule has 1 aliphatic heterocycles. The summed E-state index contributed by atoms with van der Waals surface area (Å²) in [6, 6.07) is 0. The second-order valence-corrected chi connectivity index (χ2v) is 5.08. The maximum absolute atomic E-state index is 11.7. The summed E-state index contributed by atoms with van der Waals surface area (Å²) in [6.07, 6.45) is 3.50. The summed E-state index contributed by atoms with van der Waals surface area (Å²) in [5.74, 6) is 0.357. The Morgan fingerprint density at radius 3 is 2.56 bits per heavy atom. The van der Waals surface area contributed by atoms with E-state index in [9.17, 15) is 14.7 Å². The van der Waals surface area contributed by atoms with E-state index in [1.54, 1.807) is 6.92 Å². The molecule has 3 unspecified atom stereocenters. The lowest BCUT2D eigenvalue weighted by Gasteiger charge is -2.23. The lowest BCUT2D eigenvalue weighted by atomic mass is 9.96. The molecule has 2 fully saturated rings. The molecule has 16 heavy (non-hydrogen) atoms. The van der Waals surface area contributed by atoms with Crippen LogP contribution in [0.1, 0.15) is 32.6 Å². The first-order valence-electron chi connectivity index (χ1n) is 6.08. The lowest BCUT2D eigenvalue weighted by Crippen LogP contribution is -2.36. The maximum Gasteiger partial charge on any atom is 0.232 e. The van der Waals surface area contributed by atoms with E-state index in [1.165, 1.54) is 4.90 Å². The van der Waals surface area contributed by atoms with Gasteiger partial charge in [-0.05, 0) is 24.7 Å². The van der Waals surface area contributed by atoms with Crippen LogP contribution in [0.5, 0.6) is 0 Å². The Bertz CT molecular complexity index is 303. The second-order valence-electron chi connectivity index (χ2n) is 5.08. The van der Waals surface area contributed by atoms with Crippen LogP contribution in [-0.4, -0.2) is 35.0 Å². The van der Waals surface area contributed by atoms with Crippen molar-refractivity contribution >= 4 is 11.8 Å². The fourth-order valence-electron chi connectivity index (χ4n) is 2.87. The fraction of sp³-hybridized carbons (Fsp3) is 0.833. The Labute approximate surface area is 95.6 Å². The normalized spacial score (nSPS) is 35.1. The smallest absolute Gasteiger partial charge is 0.232 e. The molecular weight excluding hydrogens is 206 g/mol. The van der Waals surface area contributed by atoms with Crippen LogP contribution in [0.15, 0.2) is 0 Å². The third kappa shape index (κ3) is 1.98. The van der Waals surface area contributed by atoms with Gasteiger partial charge in [0.2, 0.25) is 11.8 Å². The average Bonchev–Trinajstić information content (AvgIpc) is 2.79. The van der Waals surface area contributed by atoms with Crippen molar-refractivity contribution in [1.29, 1.82) is 0 Å². The van der Waals surface area contributed by atoms with Gasteiger partial charge in [0, 0.05) is 25.5 Å². The zero-order valence-electron chi connectivity index (χ0n) is 9.69. The van der Waals surface area contributed by atoms with Gasteiger partial charge in [0.05, 0.1) is 0 Å². The monoisotopic (exact) mass is 225 g/mol. The molecule has 2 aliphatic rings. The molecule has 3 atom stereocenters. The zero-order chi connectivity index (χ0) is 11.7. The Morgan fingerprint density at radius 1 is 1.31 bits per heavy atom. The molecule has 2 rings (SSSR count). The van der Waals surface area contributed by atoms with Gasteiger partial charge in [-0.3, -0.25) is 14.5 Å². The van der Waals surface area contributed by atoms with Crippen LogP contribution in [0.4, 0.5) is 0 Å². The minimum absolute atomic E-state index is 0.0337. The van der Waals surface area contributed by atoms with Crippen molar-refractivity contribution in [2.24, 2.45) is 17.8 Å². The van der Waals surface area contributed by atoms with E-state index < -0.39 is 0 Å². The predicted molar refractivity (Wildman–Crippen MR) is 58.4 cm³/mol. The summed E-state index contributed by atoms with van der Waals surface area (Å²) >= 11 is 0. The summed E-state index contributed by atoms with van der Waals surface area (Å²) in [4.78, 5) is 24.8. The molecule has 1 saturated heterocycles. The van der Waals surface area contributed by atoms with Gasteiger partial charge in [-0.2, -0.15) is 0 Å². The number of imide groups is 1. The van der Waals surface area contributed by atoms with E-state index in [1.807, 2.05) is 0 Å². The third-order valence-electron chi connectivity index (χ3n) is 3.94. The van der Waals surface area contributed by atoms with Gasteiger partial charge in [-0.25, -0.2) is 0 Å². The number of carbonyl (C=O) groups excluding carboxylic acids is 2. The average molecular weight is 225 g/mol. The van der Waals surface area contributed by atoms with Crippen molar-refractivity contribution in [1.82, 2.24) is 4.90 Å². The van der Waals surface area contributed by atoms with Crippen LogP contribution in [0.3, 0.4) is 0 Å². The largest absolute Gasteiger partial charge is 0.396 e. The van der Waals surface area contributed by atoms with E-state index in [-0.39, 0.29) is 30.3 Å². The van der Waals surface area contributed by atoms with Crippen molar-refractivity contribution in [2.45, 2.75) is 32.6 Å². The molecule has 0 spiro atoms. The molecular formula is C12H19NO3. The van der Waals surface area contributed by atoms with Crippen molar-refractivity contribution in [3.8, 4) is 0 Å². The number of rotatable bonds is 3. The van der Waals surface area contributed by atoms with Crippen LogP contribution >= 0.6 is 0 Å². The fourth-order valence-corrected chi connectivity index (χ4v) is 2.87. The van der Waals surface area contributed by atoms with Crippen LogP contribution in [0.25, 0.3) is 0 Å². The molecule has 0 aromatic carbocycles. The van der Waals surface area contributed by atoms with Gasteiger partial charge < -0.3 is 5.11 Å². The summed E-state index contributed by atoms with van der Waals surface area (Å²) in [7, 11) is 0. The van der Waals surface area contributed by atoms with Crippen LogP contribution < -0.4 is 0 Å². The van der Waals surface area contributed by atoms with Crippen molar-refractivity contribution in [2.75, 3.05) is 13.2 Å². The molecule has 1 heterocycles.